The molecule has 0 radical (unpaired) electrons. The topological polar surface area (TPSA) is 40.6 Å². The average Bonchev–Trinajstić information content (AvgIpc) is 3.35. The number of thiophene rings is 1. The van der Waals surface area contributed by atoms with E-state index in [9.17, 15) is 9.59 Å². The molecule has 1 unspecified atom stereocenters. The summed E-state index contributed by atoms with van der Waals surface area (Å²) in [5.74, 6) is -0.130. The maximum Gasteiger partial charge on any atom is 0.254 e. The molecule has 4 nitrogen and oxygen atoms in total. The Labute approximate surface area is 210 Å². The average molecular weight is 483 g/mol. The third-order valence-electron chi connectivity index (χ3n) is 6.87. The van der Waals surface area contributed by atoms with Crippen LogP contribution in [0.3, 0.4) is 0 Å². The van der Waals surface area contributed by atoms with Crippen molar-refractivity contribution in [1.29, 1.82) is 0 Å². The summed E-state index contributed by atoms with van der Waals surface area (Å²) >= 11 is 1.76. The summed E-state index contributed by atoms with van der Waals surface area (Å²) in [5.41, 5.74) is 4.12. The van der Waals surface area contributed by atoms with Gasteiger partial charge in [0.05, 0.1) is 6.04 Å². The number of rotatable bonds is 5. The summed E-state index contributed by atoms with van der Waals surface area (Å²) in [7, 11) is 0. The first-order valence-corrected chi connectivity index (χ1v) is 13.0. The van der Waals surface area contributed by atoms with Gasteiger partial charge in [-0.05, 0) is 72.7 Å². The van der Waals surface area contributed by atoms with E-state index in [2.05, 4.69) is 42.6 Å². The van der Waals surface area contributed by atoms with Crippen LogP contribution in [0.5, 0.6) is 0 Å². The van der Waals surface area contributed by atoms with Crippen LogP contribution in [0.15, 0.2) is 78.2 Å². The van der Waals surface area contributed by atoms with Crippen LogP contribution >= 0.6 is 11.3 Å². The summed E-state index contributed by atoms with van der Waals surface area (Å²) in [6, 6.07) is 24.1. The van der Waals surface area contributed by atoms with Crippen LogP contribution in [0, 0.1) is 6.92 Å². The van der Waals surface area contributed by atoms with E-state index in [1.807, 2.05) is 61.2 Å². The Morgan fingerprint density at radius 3 is 2.49 bits per heavy atom. The van der Waals surface area contributed by atoms with Crippen LogP contribution in [-0.2, 0) is 11.2 Å². The van der Waals surface area contributed by atoms with Crippen molar-refractivity contribution < 1.29 is 9.59 Å². The third-order valence-corrected chi connectivity index (χ3v) is 7.86. The lowest BCUT2D eigenvalue weighted by molar-refractivity contribution is -0.134. The zero-order chi connectivity index (χ0) is 24.5. The Morgan fingerprint density at radius 2 is 1.74 bits per heavy atom. The van der Waals surface area contributed by atoms with Crippen LogP contribution in [0.25, 0.3) is 10.8 Å². The number of amides is 2. The van der Waals surface area contributed by atoms with E-state index in [-0.39, 0.29) is 30.4 Å². The molecule has 1 aliphatic rings. The monoisotopic (exact) mass is 482 g/mol. The highest BCUT2D eigenvalue weighted by molar-refractivity contribution is 7.10. The smallest absolute Gasteiger partial charge is 0.254 e. The van der Waals surface area contributed by atoms with E-state index in [4.69, 9.17) is 0 Å². The first-order valence-electron chi connectivity index (χ1n) is 12.1. The predicted octanol–water partition coefficient (Wildman–Crippen LogP) is 6.23. The molecule has 3 aromatic carbocycles. The van der Waals surface area contributed by atoms with Crippen LogP contribution in [0.4, 0.5) is 0 Å². The van der Waals surface area contributed by atoms with Crippen molar-refractivity contribution >= 4 is 33.9 Å². The van der Waals surface area contributed by atoms with Crippen LogP contribution < -0.4 is 0 Å². The number of carbonyl (C=O) groups excluding carboxylic acids is 2. The standard InChI is InChI=1S/C30H30N2O2S/c1-20(2)32(30(34)25-13-12-22-6-4-5-7-24(22)18-25)19-28(33)31-16-14-27-26(15-17-35-27)29(31)23-10-8-21(3)9-11-23/h4-13,15,17-18,20,29H,14,16,19H2,1-3H3. The van der Waals surface area contributed by atoms with Crippen molar-refractivity contribution in [2.75, 3.05) is 13.1 Å². The summed E-state index contributed by atoms with van der Waals surface area (Å²) in [5, 5.41) is 4.23. The van der Waals surface area contributed by atoms with Crippen molar-refractivity contribution in [1.82, 2.24) is 9.80 Å². The first-order chi connectivity index (χ1) is 16.9. The van der Waals surface area contributed by atoms with E-state index >= 15 is 0 Å². The Bertz CT molecular complexity index is 1370. The van der Waals surface area contributed by atoms with Gasteiger partial charge in [-0.3, -0.25) is 9.59 Å². The van der Waals surface area contributed by atoms with E-state index < -0.39 is 0 Å². The summed E-state index contributed by atoms with van der Waals surface area (Å²) in [6.45, 7) is 6.72. The minimum Gasteiger partial charge on any atom is -0.330 e. The van der Waals surface area contributed by atoms with Crippen LogP contribution in [0.2, 0.25) is 0 Å². The number of nitrogens with zero attached hydrogens (tertiary/aromatic N) is 2. The number of carbonyl (C=O) groups is 2. The number of benzene rings is 3. The molecular formula is C30H30N2O2S. The molecule has 178 valence electrons. The molecule has 1 aromatic heterocycles. The molecule has 35 heavy (non-hydrogen) atoms. The summed E-state index contributed by atoms with van der Waals surface area (Å²) in [6.07, 6.45) is 0.849. The van der Waals surface area contributed by atoms with Crippen molar-refractivity contribution in [3.8, 4) is 0 Å². The summed E-state index contributed by atoms with van der Waals surface area (Å²) < 4.78 is 0. The van der Waals surface area contributed by atoms with Gasteiger partial charge in [-0.1, -0.05) is 60.2 Å². The largest absolute Gasteiger partial charge is 0.330 e. The Kier molecular flexibility index (Phi) is 6.44. The van der Waals surface area contributed by atoms with Gasteiger partial charge in [-0.25, -0.2) is 0 Å². The molecule has 0 saturated carbocycles. The van der Waals surface area contributed by atoms with Gasteiger partial charge in [0.25, 0.3) is 5.91 Å². The zero-order valence-corrected chi connectivity index (χ0v) is 21.2. The van der Waals surface area contributed by atoms with Gasteiger partial charge in [0.1, 0.15) is 6.54 Å². The molecule has 0 aliphatic carbocycles. The van der Waals surface area contributed by atoms with Gasteiger partial charge in [0.15, 0.2) is 0 Å². The van der Waals surface area contributed by atoms with Gasteiger partial charge in [-0.2, -0.15) is 0 Å². The molecule has 0 spiro atoms. The second-order valence-corrected chi connectivity index (χ2v) is 10.5. The normalized spacial score (nSPS) is 15.3. The lowest BCUT2D eigenvalue weighted by Gasteiger charge is -2.38. The van der Waals surface area contributed by atoms with Crippen molar-refractivity contribution in [3.05, 3.63) is 105 Å². The van der Waals surface area contributed by atoms with E-state index in [0.717, 1.165) is 22.8 Å². The molecule has 1 atom stereocenters. The van der Waals surface area contributed by atoms with Gasteiger partial charge < -0.3 is 9.80 Å². The van der Waals surface area contributed by atoms with Gasteiger partial charge >= 0.3 is 0 Å². The highest BCUT2D eigenvalue weighted by Gasteiger charge is 2.34. The van der Waals surface area contributed by atoms with Crippen molar-refractivity contribution in [3.63, 3.8) is 0 Å². The first kappa shape index (κ1) is 23.3. The van der Waals surface area contributed by atoms with Crippen molar-refractivity contribution in [2.24, 2.45) is 0 Å². The third kappa shape index (κ3) is 4.61. The highest BCUT2D eigenvalue weighted by Crippen LogP contribution is 2.38. The second kappa shape index (κ2) is 9.67. The molecule has 2 amide bonds. The van der Waals surface area contributed by atoms with E-state index in [1.165, 1.54) is 16.0 Å². The van der Waals surface area contributed by atoms with Crippen LogP contribution in [-0.4, -0.2) is 40.7 Å². The predicted molar refractivity (Wildman–Crippen MR) is 143 cm³/mol. The maximum atomic E-state index is 13.8. The van der Waals surface area contributed by atoms with Gasteiger partial charge in [-0.15, -0.1) is 11.3 Å². The molecule has 0 N–H and O–H groups in total. The quantitative estimate of drug-likeness (QED) is 0.338. The molecule has 5 heteroatoms. The fraction of sp³-hybridized carbons (Fsp3) is 0.267. The molecule has 0 bridgehead atoms. The SMILES string of the molecule is Cc1ccc(C2c3ccsc3CCN2C(=O)CN(C(=O)c2ccc3ccccc3c2)C(C)C)cc1. The van der Waals surface area contributed by atoms with Crippen LogP contribution in [0.1, 0.15) is 51.8 Å². The lowest BCUT2D eigenvalue weighted by atomic mass is 9.92. The van der Waals surface area contributed by atoms with E-state index in [1.54, 1.807) is 16.2 Å². The van der Waals surface area contributed by atoms with Gasteiger partial charge in [0, 0.05) is 23.0 Å². The molecule has 0 saturated heterocycles. The molecule has 4 aromatic rings. The van der Waals surface area contributed by atoms with E-state index in [0.29, 0.717) is 12.1 Å². The number of aryl methyl sites for hydroxylation is 1. The molecule has 2 heterocycles. The fourth-order valence-electron chi connectivity index (χ4n) is 4.91. The molecule has 1 aliphatic heterocycles. The number of hydrogen-bond acceptors (Lipinski definition) is 3. The minimum absolute atomic E-state index is 0.0183. The second-order valence-electron chi connectivity index (χ2n) is 9.54. The molecule has 0 fully saturated rings. The minimum atomic E-state index is -0.122. The number of hydrogen-bond donors (Lipinski definition) is 0. The zero-order valence-electron chi connectivity index (χ0n) is 20.4. The molecular weight excluding hydrogens is 452 g/mol. The van der Waals surface area contributed by atoms with Gasteiger partial charge in [0.2, 0.25) is 5.91 Å². The highest BCUT2D eigenvalue weighted by atomic mass is 32.1. The maximum absolute atomic E-state index is 13.8. The van der Waals surface area contributed by atoms with Crippen molar-refractivity contribution in [2.45, 2.75) is 39.3 Å². The molecule has 5 rings (SSSR count). The Morgan fingerprint density at radius 1 is 1.00 bits per heavy atom. The fourth-order valence-corrected chi connectivity index (χ4v) is 5.81. The Hall–Kier alpha value is -3.44. The summed E-state index contributed by atoms with van der Waals surface area (Å²) in [4.78, 5) is 32.3. The number of fused-ring (bicyclic) bond motifs is 2. The Balaban J connectivity index is 1.43. The lowest BCUT2D eigenvalue weighted by Crippen LogP contribution is -2.48.